The largest absolute Gasteiger partial charge is 0.478 e. The van der Waals surface area contributed by atoms with Gasteiger partial charge in [0.2, 0.25) is 11.8 Å². The number of nitrogens with one attached hydrogen (secondary N) is 1. The van der Waals surface area contributed by atoms with Gasteiger partial charge < -0.3 is 20.9 Å². The minimum Gasteiger partial charge on any atom is -0.478 e. The molecule has 0 aliphatic carbocycles. The van der Waals surface area contributed by atoms with Crippen LogP contribution >= 0.6 is 11.8 Å². The number of hydrogen-bond donors (Lipinski definition) is 3. The fourth-order valence-electron chi connectivity index (χ4n) is 2.39. The molecule has 0 bridgehead atoms. The third-order valence-corrected chi connectivity index (χ3v) is 4.55. The molecule has 0 aromatic heterocycles. The summed E-state index contributed by atoms with van der Waals surface area (Å²) in [5, 5.41) is 10.7. The van der Waals surface area contributed by atoms with Crippen molar-refractivity contribution >= 4 is 34.8 Å². The molecule has 0 aliphatic heterocycles. The van der Waals surface area contributed by atoms with Gasteiger partial charge in [0, 0.05) is 24.3 Å². The Labute approximate surface area is 173 Å². The lowest BCUT2D eigenvalue weighted by molar-refractivity contribution is -0.125. The average molecular weight is 438 g/mol. The lowest BCUT2D eigenvalue weighted by atomic mass is 10.0. The Hall–Kier alpha value is -3.47. The molecule has 2 aromatic carbocycles. The molecule has 0 unspecified atom stereocenters. The van der Waals surface area contributed by atoms with Crippen LogP contribution in [-0.4, -0.2) is 40.0 Å². The van der Waals surface area contributed by atoms with Gasteiger partial charge >= 0.3 is 11.3 Å². The molecule has 0 fully saturated rings. The fourth-order valence-corrected chi connectivity index (χ4v) is 3.09. The van der Waals surface area contributed by atoms with Crippen molar-refractivity contribution < 1.29 is 37.8 Å². The van der Waals surface area contributed by atoms with Crippen LogP contribution in [0, 0.1) is 11.6 Å². The van der Waals surface area contributed by atoms with E-state index in [0.717, 1.165) is 24.3 Å². The minimum atomic E-state index is -1.44. The van der Waals surface area contributed by atoms with E-state index in [1.807, 2.05) is 0 Å². The van der Waals surface area contributed by atoms with Crippen molar-refractivity contribution in [2.24, 2.45) is 5.73 Å². The first-order valence-electron chi connectivity index (χ1n) is 8.32. The van der Waals surface area contributed by atoms with E-state index in [1.54, 1.807) is 0 Å². The van der Waals surface area contributed by atoms with Crippen molar-refractivity contribution in [2.45, 2.75) is 13.0 Å². The van der Waals surface area contributed by atoms with Gasteiger partial charge in [-0.2, -0.15) is 0 Å². The first-order chi connectivity index (χ1) is 14.1. The van der Waals surface area contributed by atoms with E-state index in [0.29, 0.717) is 17.8 Å². The quantitative estimate of drug-likeness (QED) is 0.565. The Bertz CT molecular complexity index is 1010. The molecular weight excluding hydrogens is 422 g/mol. The van der Waals surface area contributed by atoms with Gasteiger partial charge in [0.1, 0.15) is 29.0 Å². The molecule has 0 aliphatic rings. The maximum Gasteiger partial charge on any atom is 0.372 e. The highest BCUT2D eigenvalue weighted by atomic mass is 32.2. The topological polar surface area (TPSA) is 136 Å². The van der Waals surface area contributed by atoms with Gasteiger partial charge in [0.15, 0.2) is 0 Å². The summed E-state index contributed by atoms with van der Waals surface area (Å²) in [7, 11) is 0. The van der Waals surface area contributed by atoms with Crippen molar-refractivity contribution in [2.75, 3.05) is 5.75 Å². The first-order valence-corrected chi connectivity index (χ1v) is 9.31. The highest BCUT2D eigenvalue weighted by Crippen LogP contribution is 2.30. The van der Waals surface area contributed by atoms with E-state index >= 15 is 0 Å². The molecule has 0 spiro atoms. The number of thioether (sulfide) groups is 1. The molecule has 0 heterocycles. The van der Waals surface area contributed by atoms with Crippen LogP contribution in [0.3, 0.4) is 0 Å². The standard InChI is InChI=1S/C19H16F2N2O6S/c1-9(24)23-15(17(22)25)8-30-19(28)29-16-5-2-10(6-13(16)18(26)27)12-4-3-11(20)7-14(12)21/h2-7,15H,8H2,1H3,(H2,22,25)(H,23,24)(H,26,27)/t15-/m0/s1. The van der Waals surface area contributed by atoms with E-state index in [-0.39, 0.29) is 22.6 Å². The molecule has 30 heavy (non-hydrogen) atoms. The molecular formula is C19H16F2N2O6S. The molecule has 158 valence electrons. The third kappa shape index (κ3) is 6.01. The zero-order chi connectivity index (χ0) is 22.4. The maximum atomic E-state index is 14.0. The Kier molecular flexibility index (Phi) is 7.48. The molecule has 2 rings (SSSR count). The first kappa shape index (κ1) is 22.8. The Morgan fingerprint density at radius 2 is 1.87 bits per heavy atom. The molecule has 11 heteroatoms. The van der Waals surface area contributed by atoms with E-state index in [2.05, 4.69) is 5.32 Å². The summed E-state index contributed by atoms with van der Waals surface area (Å²) in [5.41, 5.74) is 4.80. The molecule has 0 saturated carbocycles. The lowest BCUT2D eigenvalue weighted by Gasteiger charge is -2.14. The second kappa shape index (κ2) is 9.83. The van der Waals surface area contributed by atoms with Gasteiger partial charge in [0.25, 0.3) is 0 Å². The second-order valence-electron chi connectivity index (χ2n) is 5.96. The summed E-state index contributed by atoms with van der Waals surface area (Å²) in [5.74, 6) is -5.05. The normalized spacial score (nSPS) is 11.4. The van der Waals surface area contributed by atoms with Crippen LogP contribution in [0.5, 0.6) is 5.75 Å². The van der Waals surface area contributed by atoms with Crippen LogP contribution < -0.4 is 15.8 Å². The molecule has 4 N–H and O–H groups in total. The van der Waals surface area contributed by atoms with Gasteiger partial charge in [0.05, 0.1) is 0 Å². The number of halogens is 2. The summed E-state index contributed by atoms with van der Waals surface area (Å²) < 4.78 is 32.1. The second-order valence-corrected chi connectivity index (χ2v) is 6.91. The summed E-state index contributed by atoms with van der Waals surface area (Å²) >= 11 is 0.503. The average Bonchev–Trinajstić information content (AvgIpc) is 2.65. The summed E-state index contributed by atoms with van der Waals surface area (Å²) in [4.78, 5) is 45.9. The zero-order valence-electron chi connectivity index (χ0n) is 15.5. The van der Waals surface area contributed by atoms with Gasteiger partial charge in [-0.15, -0.1) is 0 Å². The van der Waals surface area contributed by atoms with Crippen LogP contribution in [0.25, 0.3) is 11.1 Å². The highest BCUT2D eigenvalue weighted by Gasteiger charge is 2.21. The molecule has 2 aromatic rings. The fraction of sp³-hybridized carbons (Fsp3) is 0.158. The number of primary amides is 1. The molecule has 2 amide bonds. The smallest absolute Gasteiger partial charge is 0.372 e. The number of aromatic carboxylic acids is 1. The van der Waals surface area contributed by atoms with Crippen LogP contribution in [0.4, 0.5) is 13.6 Å². The van der Waals surface area contributed by atoms with Gasteiger partial charge in [-0.25, -0.2) is 18.4 Å². The lowest BCUT2D eigenvalue weighted by Crippen LogP contribution is -2.45. The SMILES string of the molecule is CC(=O)N[C@@H](CSC(=O)Oc1ccc(-c2ccc(F)cc2F)cc1C(=O)O)C(N)=O. The Morgan fingerprint density at radius 3 is 2.43 bits per heavy atom. The van der Waals surface area contributed by atoms with Crippen LogP contribution in [0.2, 0.25) is 0 Å². The molecule has 0 radical (unpaired) electrons. The number of carbonyl (C=O) groups is 4. The number of hydrogen-bond acceptors (Lipinski definition) is 6. The maximum absolute atomic E-state index is 14.0. The Morgan fingerprint density at radius 1 is 1.17 bits per heavy atom. The summed E-state index contributed by atoms with van der Waals surface area (Å²) in [6.07, 6.45) is 0. The zero-order valence-corrected chi connectivity index (χ0v) is 16.3. The number of carboxylic acids is 1. The highest BCUT2D eigenvalue weighted by molar-refractivity contribution is 8.13. The molecule has 8 nitrogen and oxygen atoms in total. The predicted octanol–water partition coefficient (Wildman–Crippen LogP) is 2.55. The summed E-state index contributed by atoms with van der Waals surface area (Å²) in [6, 6.07) is 5.24. The van der Waals surface area contributed by atoms with Crippen molar-refractivity contribution in [3.8, 4) is 16.9 Å². The monoisotopic (exact) mass is 438 g/mol. The van der Waals surface area contributed by atoms with Crippen LogP contribution in [0.15, 0.2) is 36.4 Å². The van der Waals surface area contributed by atoms with E-state index in [1.165, 1.54) is 13.0 Å². The number of carboxylic acid groups (broad SMARTS) is 1. The number of rotatable bonds is 7. The van der Waals surface area contributed by atoms with E-state index in [9.17, 15) is 33.1 Å². The minimum absolute atomic E-state index is 0.0363. The number of ether oxygens (including phenoxy) is 1. The van der Waals surface area contributed by atoms with Crippen molar-refractivity contribution in [1.29, 1.82) is 0 Å². The van der Waals surface area contributed by atoms with Crippen molar-refractivity contribution in [3.63, 3.8) is 0 Å². The number of amides is 2. The molecule has 1 atom stereocenters. The van der Waals surface area contributed by atoms with Crippen LogP contribution in [-0.2, 0) is 9.59 Å². The molecule has 0 saturated heterocycles. The van der Waals surface area contributed by atoms with E-state index < -0.39 is 46.3 Å². The number of nitrogens with two attached hydrogens (primary N) is 1. The summed E-state index contributed by atoms with van der Waals surface area (Å²) in [6.45, 7) is 1.17. The number of carbonyl (C=O) groups excluding carboxylic acids is 3. The van der Waals surface area contributed by atoms with Gasteiger partial charge in [-0.05, 0) is 41.6 Å². The van der Waals surface area contributed by atoms with Crippen LogP contribution in [0.1, 0.15) is 17.3 Å². The van der Waals surface area contributed by atoms with E-state index in [4.69, 9.17) is 10.5 Å². The Balaban J connectivity index is 2.19. The number of benzene rings is 2. The third-order valence-electron chi connectivity index (χ3n) is 3.73. The van der Waals surface area contributed by atoms with Crippen molar-refractivity contribution in [1.82, 2.24) is 5.32 Å². The van der Waals surface area contributed by atoms with Gasteiger partial charge in [-0.3, -0.25) is 9.59 Å². The predicted molar refractivity (Wildman–Crippen MR) is 104 cm³/mol. The van der Waals surface area contributed by atoms with Crippen molar-refractivity contribution in [3.05, 3.63) is 53.6 Å². The van der Waals surface area contributed by atoms with Gasteiger partial charge in [-0.1, -0.05) is 6.07 Å².